The normalized spacial score (nSPS) is 18.8. The average Bonchev–Trinajstić information content (AvgIpc) is 2.96. The highest BCUT2D eigenvalue weighted by atomic mass is 19.1. The fourth-order valence-corrected chi connectivity index (χ4v) is 3.15. The number of hydrogen-bond acceptors (Lipinski definition) is 6. The van der Waals surface area contributed by atoms with Crippen LogP contribution in [-0.2, 0) is 23.4 Å². The van der Waals surface area contributed by atoms with Crippen LogP contribution in [0, 0.1) is 10.7 Å². The molecule has 1 atom stereocenters. The van der Waals surface area contributed by atoms with Crippen molar-refractivity contribution < 1.29 is 13.9 Å². The largest absolute Gasteiger partial charge is 0.444 e. The van der Waals surface area contributed by atoms with Crippen LogP contribution in [0.5, 0.6) is 0 Å². The lowest BCUT2D eigenvalue weighted by Gasteiger charge is -2.33. The zero-order valence-corrected chi connectivity index (χ0v) is 16.2. The van der Waals surface area contributed by atoms with E-state index in [2.05, 4.69) is 20.5 Å². The van der Waals surface area contributed by atoms with Gasteiger partial charge in [0.15, 0.2) is 5.84 Å². The maximum absolute atomic E-state index is 14.5. The monoisotopic (exact) mass is 387 g/mol. The molecule has 1 aromatic heterocycles. The molecular weight excluding hydrogens is 365 g/mol. The number of carbonyl (C=O) groups excluding carboxylic acids is 1. The molecule has 0 spiro atoms. The van der Waals surface area contributed by atoms with Crippen molar-refractivity contribution in [2.45, 2.75) is 51.9 Å². The van der Waals surface area contributed by atoms with E-state index in [0.717, 1.165) is 0 Å². The molecule has 0 fully saturated rings. The molecule has 8 nitrogen and oxygen atoms in total. The SMILES string of the molecule is CC(C)(C)OC(=O)NC1=NC(C)(c2ccccc2F)Cn2c1cnc2CN=O. The molecule has 28 heavy (non-hydrogen) atoms. The Balaban J connectivity index is 2.06. The number of benzene rings is 1. The number of amidine groups is 1. The second kappa shape index (κ2) is 7.14. The van der Waals surface area contributed by atoms with E-state index >= 15 is 0 Å². The van der Waals surface area contributed by atoms with Gasteiger partial charge in [0.2, 0.25) is 0 Å². The number of rotatable bonds is 3. The summed E-state index contributed by atoms with van der Waals surface area (Å²) in [7, 11) is 0. The first kappa shape index (κ1) is 19.7. The van der Waals surface area contributed by atoms with Crippen LogP contribution < -0.4 is 5.32 Å². The van der Waals surface area contributed by atoms with E-state index in [1.165, 1.54) is 12.3 Å². The van der Waals surface area contributed by atoms with Crippen LogP contribution in [0.15, 0.2) is 40.6 Å². The summed E-state index contributed by atoms with van der Waals surface area (Å²) in [5, 5.41) is 5.53. The number of aliphatic imine (C=N–C) groups is 1. The minimum absolute atomic E-state index is 0.146. The van der Waals surface area contributed by atoms with Crippen molar-refractivity contribution in [2.24, 2.45) is 10.2 Å². The number of amides is 1. The van der Waals surface area contributed by atoms with Crippen molar-refractivity contribution >= 4 is 11.9 Å². The third kappa shape index (κ3) is 3.92. The van der Waals surface area contributed by atoms with Crippen LogP contribution in [0.3, 0.4) is 0 Å². The third-order valence-electron chi connectivity index (χ3n) is 4.28. The number of imidazole rings is 1. The van der Waals surface area contributed by atoms with Gasteiger partial charge in [-0.05, 0) is 33.8 Å². The predicted octanol–water partition coefficient (Wildman–Crippen LogP) is 3.49. The molecule has 1 unspecified atom stereocenters. The summed E-state index contributed by atoms with van der Waals surface area (Å²) in [6.45, 7) is 7.09. The predicted molar refractivity (Wildman–Crippen MR) is 101 cm³/mol. The van der Waals surface area contributed by atoms with E-state index in [1.54, 1.807) is 50.5 Å². The van der Waals surface area contributed by atoms with Gasteiger partial charge in [-0.15, -0.1) is 0 Å². The van der Waals surface area contributed by atoms with Gasteiger partial charge in [-0.3, -0.25) is 10.3 Å². The fraction of sp³-hybridized carbons (Fsp3) is 0.421. The van der Waals surface area contributed by atoms with Crippen LogP contribution in [0.4, 0.5) is 9.18 Å². The van der Waals surface area contributed by atoms with Crippen LogP contribution in [0.2, 0.25) is 0 Å². The maximum atomic E-state index is 14.5. The van der Waals surface area contributed by atoms with Crippen LogP contribution >= 0.6 is 0 Å². The topological polar surface area (TPSA) is 97.9 Å². The molecule has 9 heteroatoms. The molecule has 0 bridgehead atoms. The number of nitrogens with zero attached hydrogens (tertiary/aromatic N) is 4. The van der Waals surface area contributed by atoms with Crippen LogP contribution in [0.25, 0.3) is 0 Å². The summed E-state index contributed by atoms with van der Waals surface area (Å²) in [6, 6.07) is 6.31. The minimum Gasteiger partial charge on any atom is -0.444 e. The Morgan fingerprint density at radius 3 is 2.75 bits per heavy atom. The zero-order valence-electron chi connectivity index (χ0n) is 16.2. The van der Waals surface area contributed by atoms with E-state index in [9.17, 15) is 14.1 Å². The number of carbonyl (C=O) groups is 1. The Bertz CT molecular complexity index is 947. The Morgan fingerprint density at radius 1 is 1.39 bits per heavy atom. The molecular formula is C19H22FN5O3. The summed E-state index contributed by atoms with van der Waals surface area (Å²) in [5.74, 6) is 0.186. The van der Waals surface area contributed by atoms with Gasteiger partial charge in [0.1, 0.15) is 35.0 Å². The molecule has 0 saturated carbocycles. The number of fused-ring (bicyclic) bond motifs is 1. The van der Waals surface area contributed by atoms with E-state index in [4.69, 9.17) is 4.74 Å². The van der Waals surface area contributed by atoms with E-state index in [1.807, 2.05) is 0 Å². The lowest BCUT2D eigenvalue weighted by atomic mass is 9.90. The Hall–Kier alpha value is -3.10. The molecule has 148 valence electrons. The number of nitroso groups, excluding NO2 is 1. The van der Waals surface area contributed by atoms with Gasteiger partial charge < -0.3 is 9.30 Å². The molecule has 1 N–H and O–H groups in total. The van der Waals surface area contributed by atoms with Crippen molar-refractivity contribution in [1.29, 1.82) is 0 Å². The molecule has 0 saturated heterocycles. The highest BCUT2D eigenvalue weighted by molar-refractivity contribution is 6.06. The summed E-state index contributed by atoms with van der Waals surface area (Å²) in [5.41, 5.74) is -0.858. The van der Waals surface area contributed by atoms with E-state index in [0.29, 0.717) is 17.1 Å². The van der Waals surface area contributed by atoms with Gasteiger partial charge in [0.25, 0.3) is 0 Å². The summed E-state index contributed by atoms with van der Waals surface area (Å²) in [4.78, 5) is 31.9. The number of halogens is 1. The number of nitrogens with one attached hydrogen (secondary N) is 1. The lowest BCUT2D eigenvalue weighted by Crippen LogP contribution is -2.43. The van der Waals surface area contributed by atoms with Crippen LogP contribution in [-0.4, -0.2) is 27.1 Å². The molecule has 1 aliphatic heterocycles. The smallest absolute Gasteiger partial charge is 0.413 e. The highest BCUT2D eigenvalue weighted by Gasteiger charge is 2.37. The Kier molecular flexibility index (Phi) is 5.01. The Morgan fingerprint density at radius 2 is 2.11 bits per heavy atom. The van der Waals surface area contributed by atoms with E-state index in [-0.39, 0.29) is 18.9 Å². The highest BCUT2D eigenvalue weighted by Crippen LogP contribution is 2.34. The second-order valence-electron chi connectivity index (χ2n) is 7.77. The number of aromatic nitrogens is 2. The van der Waals surface area contributed by atoms with Crippen molar-refractivity contribution in [3.05, 3.63) is 58.3 Å². The number of hydrogen-bond donors (Lipinski definition) is 1. The number of alkyl carbamates (subject to hydrolysis) is 1. The van der Waals surface area contributed by atoms with Crippen molar-refractivity contribution in [3.63, 3.8) is 0 Å². The molecule has 2 heterocycles. The first-order valence-electron chi connectivity index (χ1n) is 8.82. The van der Waals surface area contributed by atoms with Gasteiger partial charge in [0, 0.05) is 5.56 Å². The van der Waals surface area contributed by atoms with Crippen LogP contribution in [0.1, 0.15) is 44.8 Å². The number of ether oxygens (including phenoxy) is 1. The van der Waals surface area contributed by atoms with Gasteiger partial charge in [-0.2, -0.15) is 4.91 Å². The second-order valence-corrected chi connectivity index (χ2v) is 7.77. The van der Waals surface area contributed by atoms with Crippen molar-refractivity contribution in [3.8, 4) is 0 Å². The average molecular weight is 387 g/mol. The molecule has 0 radical (unpaired) electrons. The minimum atomic E-state index is -1.03. The standard InChI is InChI=1S/C19H22FN5O3/c1-18(2,3)28-17(26)23-16-14-9-21-15(10-22-27)25(14)11-19(4,24-16)12-7-5-6-8-13(12)20/h5-9H,10-11H2,1-4H3,(H,23,24,26). The van der Waals surface area contributed by atoms with Gasteiger partial charge in [-0.25, -0.2) is 14.2 Å². The lowest BCUT2D eigenvalue weighted by molar-refractivity contribution is 0.0562. The maximum Gasteiger partial charge on any atom is 0.413 e. The molecule has 1 aromatic carbocycles. The molecule has 1 amide bonds. The van der Waals surface area contributed by atoms with Gasteiger partial charge in [-0.1, -0.05) is 23.4 Å². The summed E-state index contributed by atoms with van der Waals surface area (Å²) >= 11 is 0. The first-order chi connectivity index (χ1) is 13.1. The van der Waals surface area contributed by atoms with E-state index < -0.39 is 23.1 Å². The summed E-state index contributed by atoms with van der Waals surface area (Å²) in [6.07, 6.45) is 0.810. The van der Waals surface area contributed by atoms with Gasteiger partial charge >= 0.3 is 6.09 Å². The molecule has 0 aliphatic carbocycles. The zero-order chi connectivity index (χ0) is 20.5. The molecule has 2 aromatic rings. The van der Waals surface area contributed by atoms with Crippen molar-refractivity contribution in [1.82, 2.24) is 14.9 Å². The van der Waals surface area contributed by atoms with Gasteiger partial charge in [0.05, 0.1) is 12.7 Å². The first-order valence-corrected chi connectivity index (χ1v) is 8.82. The molecule has 1 aliphatic rings. The van der Waals surface area contributed by atoms with Crippen molar-refractivity contribution in [2.75, 3.05) is 0 Å². The molecule has 3 rings (SSSR count). The Labute approximate surface area is 161 Å². The fourth-order valence-electron chi connectivity index (χ4n) is 3.15. The summed E-state index contributed by atoms with van der Waals surface area (Å²) < 4.78 is 21.5. The third-order valence-corrected chi connectivity index (χ3v) is 4.28. The quantitative estimate of drug-likeness (QED) is 0.815.